The summed E-state index contributed by atoms with van der Waals surface area (Å²) < 4.78 is 7.60. The largest absolute Gasteiger partial charge is 0.379 e. The number of aryl methyl sites for hydroxylation is 1. The van der Waals surface area contributed by atoms with E-state index >= 15 is 0 Å². The molecule has 0 spiro atoms. The third-order valence-corrected chi connectivity index (χ3v) is 4.48. The van der Waals surface area contributed by atoms with Gasteiger partial charge in [0.2, 0.25) is 0 Å². The molecule has 0 unspecified atom stereocenters. The van der Waals surface area contributed by atoms with E-state index in [9.17, 15) is 0 Å². The van der Waals surface area contributed by atoms with Crippen LogP contribution in [0.25, 0.3) is 0 Å². The van der Waals surface area contributed by atoms with Crippen LogP contribution < -0.4 is 10.6 Å². The minimum absolute atomic E-state index is 0.569. The average molecular weight is 335 g/mol. The van der Waals surface area contributed by atoms with E-state index < -0.39 is 0 Å². The number of morpholine rings is 1. The lowest BCUT2D eigenvalue weighted by atomic mass is 10.2. The summed E-state index contributed by atoms with van der Waals surface area (Å²) >= 11 is 0. The zero-order chi connectivity index (χ0) is 16.6. The molecule has 2 aliphatic rings. The van der Waals surface area contributed by atoms with Crippen LogP contribution >= 0.6 is 0 Å². The molecule has 1 saturated heterocycles. The monoisotopic (exact) mass is 335 g/mol. The molecule has 134 valence electrons. The van der Waals surface area contributed by atoms with Crippen molar-refractivity contribution in [3.63, 3.8) is 0 Å². The van der Waals surface area contributed by atoms with Crippen molar-refractivity contribution in [2.24, 2.45) is 4.99 Å². The van der Waals surface area contributed by atoms with Gasteiger partial charge in [0.1, 0.15) is 12.4 Å². The highest BCUT2D eigenvalue weighted by molar-refractivity contribution is 5.79. The summed E-state index contributed by atoms with van der Waals surface area (Å²) in [6, 6.07) is 0. The van der Waals surface area contributed by atoms with Gasteiger partial charge in [0.15, 0.2) is 11.8 Å². The number of ether oxygens (including phenoxy) is 1. The van der Waals surface area contributed by atoms with Gasteiger partial charge >= 0.3 is 0 Å². The predicted octanol–water partition coefficient (Wildman–Crippen LogP) is 0.00170. The number of hydrogen-bond donors (Lipinski definition) is 2. The Balaban J connectivity index is 1.50. The van der Waals surface area contributed by atoms with Crippen molar-refractivity contribution >= 4 is 5.96 Å². The van der Waals surface area contributed by atoms with Crippen LogP contribution in [0.3, 0.4) is 0 Å². The first-order chi connectivity index (χ1) is 11.9. The quantitative estimate of drug-likeness (QED) is 0.563. The summed E-state index contributed by atoms with van der Waals surface area (Å²) in [5, 5.41) is 15.3. The number of aliphatic imine (C=N–C) groups is 1. The zero-order valence-corrected chi connectivity index (χ0v) is 14.6. The molecule has 1 aromatic rings. The van der Waals surface area contributed by atoms with Crippen molar-refractivity contribution in [2.75, 3.05) is 45.9 Å². The molecule has 24 heavy (non-hydrogen) atoms. The van der Waals surface area contributed by atoms with Gasteiger partial charge in [-0.3, -0.25) is 4.90 Å². The first-order valence-corrected chi connectivity index (χ1v) is 9.10. The Morgan fingerprint density at radius 1 is 1.17 bits per heavy atom. The van der Waals surface area contributed by atoms with Crippen LogP contribution in [0.15, 0.2) is 4.99 Å². The SMILES string of the molecule is CCNC(=NCc1nnc2n1CCCC2)NCCN1CCOCC1. The average Bonchev–Trinajstić information content (AvgIpc) is 3.04. The van der Waals surface area contributed by atoms with Crippen LogP contribution in [0.5, 0.6) is 0 Å². The normalized spacial score (nSPS) is 19.1. The molecule has 8 nitrogen and oxygen atoms in total. The summed E-state index contributed by atoms with van der Waals surface area (Å²) in [5.74, 6) is 2.92. The summed E-state index contributed by atoms with van der Waals surface area (Å²) in [7, 11) is 0. The Kier molecular flexibility index (Phi) is 6.42. The van der Waals surface area contributed by atoms with Gasteiger partial charge in [0.25, 0.3) is 0 Å². The Bertz CT molecular complexity index is 537. The molecular formula is C16H29N7O. The van der Waals surface area contributed by atoms with Crippen molar-refractivity contribution in [3.05, 3.63) is 11.6 Å². The first-order valence-electron chi connectivity index (χ1n) is 9.10. The molecular weight excluding hydrogens is 306 g/mol. The highest BCUT2D eigenvalue weighted by Gasteiger charge is 2.15. The van der Waals surface area contributed by atoms with E-state index in [0.717, 1.165) is 76.5 Å². The van der Waals surface area contributed by atoms with E-state index in [2.05, 4.69) is 42.2 Å². The molecule has 3 heterocycles. The van der Waals surface area contributed by atoms with Crippen molar-refractivity contribution < 1.29 is 4.74 Å². The Hall–Kier alpha value is -1.67. The van der Waals surface area contributed by atoms with Crippen LogP contribution in [0.1, 0.15) is 31.4 Å². The number of rotatable bonds is 6. The molecule has 0 saturated carbocycles. The van der Waals surface area contributed by atoms with Gasteiger partial charge in [-0.15, -0.1) is 10.2 Å². The van der Waals surface area contributed by atoms with Gasteiger partial charge in [0, 0.05) is 45.7 Å². The molecule has 2 aliphatic heterocycles. The smallest absolute Gasteiger partial charge is 0.191 e. The summed E-state index contributed by atoms with van der Waals surface area (Å²) in [5.41, 5.74) is 0. The van der Waals surface area contributed by atoms with E-state index in [4.69, 9.17) is 4.74 Å². The van der Waals surface area contributed by atoms with E-state index in [-0.39, 0.29) is 0 Å². The Morgan fingerprint density at radius 2 is 2.04 bits per heavy atom. The maximum atomic E-state index is 5.38. The predicted molar refractivity (Wildman–Crippen MR) is 93.0 cm³/mol. The minimum Gasteiger partial charge on any atom is -0.379 e. The molecule has 0 bridgehead atoms. The third-order valence-electron chi connectivity index (χ3n) is 4.48. The number of nitrogens with one attached hydrogen (secondary N) is 2. The van der Waals surface area contributed by atoms with Crippen molar-refractivity contribution in [3.8, 4) is 0 Å². The van der Waals surface area contributed by atoms with Crippen LogP contribution in [-0.2, 0) is 24.2 Å². The fraction of sp³-hybridized carbons (Fsp3) is 0.812. The third kappa shape index (κ3) is 4.67. The van der Waals surface area contributed by atoms with Gasteiger partial charge in [-0.05, 0) is 19.8 Å². The van der Waals surface area contributed by atoms with Crippen LogP contribution in [0, 0.1) is 0 Å². The summed E-state index contributed by atoms with van der Waals surface area (Å²) in [4.78, 5) is 7.09. The van der Waals surface area contributed by atoms with E-state index in [0.29, 0.717) is 6.54 Å². The lowest BCUT2D eigenvalue weighted by Crippen LogP contribution is -2.44. The van der Waals surface area contributed by atoms with Crippen molar-refractivity contribution in [1.82, 2.24) is 30.3 Å². The highest BCUT2D eigenvalue weighted by atomic mass is 16.5. The Labute approximate surface area is 143 Å². The lowest BCUT2D eigenvalue weighted by molar-refractivity contribution is 0.0389. The molecule has 3 rings (SSSR count). The standard InChI is InChI=1S/C16H29N7O/c1-2-17-16(18-6-8-22-9-11-24-12-10-22)19-13-15-21-20-14-5-3-4-7-23(14)15/h2-13H2,1H3,(H2,17,18,19). The topological polar surface area (TPSA) is 79.6 Å². The van der Waals surface area contributed by atoms with Gasteiger partial charge in [-0.1, -0.05) is 0 Å². The van der Waals surface area contributed by atoms with Gasteiger partial charge in [-0.25, -0.2) is 4.99 Å². The fourth-order valence-electron chi connectivity index (χ4n) is 3.13. The Morgan fingerprint density at radius 3 is 2.88 bits per heavy atom. The molecule has 2 N–H and O–H groups in total. The van der Waals surface area contributed by atoms with Crippen LogP contribution in [-0.4, -0.2) is 71.6 Å². The van der Waals surface area contributed by atoms with Gasteiger partial charge in [0.05, 0.1) is 13.2 Å². The van der Waals surface area contributed by atoms with Crippen LogP contribution in [0.4, 0.5) is 0 Å². The number of hydrogen-bond acceptors (Lipinski definition) is 5. The van der Waals surface area contributed by atoms with E-state index in [1.165, 1.54) is 12.8 Å². The lowest BCUT2D eigenvalue weighted by Gasteiger charge is -2.26. The minimum atomic E-state index is 0.569. The molecule has 0 amide bonds. The van der Waals surface area contributed by atoms with Gasteiger partial charge < -0.3 is 19.9 Å². The summed E-state index contributed by atoms with van der Waals surface area (Å²) in [6.45, 7) is 10.1. The van der Waals surface area contributed by atoms with Crippen molar-refractivity contribution in [1.29, 1.82) is 0 Å². The number of fused-ring (bicyclic) bond motifs is 1. The maximum Gasteiger partial charge on any atom is 0.191 e. The molecule has 8 heteroatoms. The molecule has 0 atom stereocenters. The second kappa shape index (κ2) is 8.98. The molecule has 0 aliphatic carbocycles. The van der Waals surface area contributed by atoms with Crippen LogP contribution in [0.2, 0.25) is 0 Å². The fourth-order valence-corrected chi connectivity index (χ4v) is 3.13. The molecule has 0 radical (unpaired) electrons. The molecule has 1 fully saturated rings. The summed E-state index contributed by atoms with van der Waals surface area (Å²) in [6.07, 6.45) is 3.46. The number of nitrogens with zero attached hydrogens (tertiary/aromatic N) is 5. The second-order valence-electron chi connectivity index (χ2n) is 6.22. The molecule has 0 aromatic carbocycles. The van der Waals surface area contributed by atoms with E-state index in [1.54, 1.807) is 0 Å². The molecule has 1 aromatic heterocycles. The maximum absolute atomic E-state index is 5.38. The van der Waals surface area contributed by atoms with Crippen molar-refractivity contribution in [2.45, 2.75) is 39.3 Å². The number of aromatic nitrogens is 3. The zero-order valence-electron chi connectivity index (χ0n) is 14.6. The van der Waals surface area contributed by atoms with E-state index in [1.807, 2.05) is 0 Å². The van der Waals surface area contributed by atoms with Gasteiger partial charge in [-0.2, -0.15) is 0 Å². The second-order valence-corrected chi connectivity index (χ2v) is 6.22. The first kappa shape index (κ1) is 17.2. The highest BCUT2D eigenvalue weighted by Crippen LogP contribution is 2.14. The number of guanidine groups is 1.